The maximum absolute atomic E-state index is 8.78. The highest BCUT2D eigenvalue weighted by atomic mass is 79.9. The molecule has 0 saturated carbocycles. The second kappa shape index (κ2) is 3.72. The smallest absolute Gasteiger partial charge is 0.172 e. The molecule has 0 spiro atoms. The summed E-state index contributed by atoms with van der Waals surface area (Å²) in [6.07, 6.45) is 3.36. The Morgan fingerprint density at radius 1 is 1.67 bits per heavy atom. The number of aromatic nitrogens is 3. The Morgan fingerprint density at radius 2 is 2.40 bits per heavy atom. The van der Waals surface area contributed by atoms with Gasteiger partial charge in [0.25, 0.3) is 0 Å². The van der Waals surface area contributed by atoms with Gasteiger partial charge in [-0.3, -0.25) is 0 Å². The summed E-state index contributed by atoms with van der Waals surface area (Å²) in [5, 5.41) is 13.8. The van der Waals surface area contributed by atoms with Gasteiger partial charge in [-0.25, -0.2) is 4.98 Å². The van der Waals surface area contributed by atoms with Crippen LogP contribution in [0.1, 0.15) is 5.56 Å². The van der Waals surface area contributed by atoms with Crippen LogP contribution in [0.25, 0.3) is 5.65 Å². The lowest BCUT2D eigenvalue weighted by Crippen LogP contribution is -2.02. The van der Waals surface area contributed by atoms with E-state index in [0.717, 1.165) is 9.50 Å². The molecule has 0 saturated heterocycles. The Kier molecular flexibility index (Phi) is 2.54. The van der Waals surface area contributed by atoms with Crippen molar-refractivity contribution in [3.8, 4) is 6.07 Å². The van der Waals surface area contributed by atoms with Gasteiger partial charge in [0, 0.05) is 0 Å². The number of nitrogens with zero attached hydrogens (tertiary/aromatic N) is 4. The number of nitriles is 1. The molecular weight excluding hydrogens is 278 g/mol. The molecule has 0 aromatic carbocycles. The van der Waals surface area contributed by atoms with E-state index in [1.165, 1.54) is 22.5 Å². The highest BCUT2D eigenvalue weighted by Gasteiger charge is 2.14. The quantitative estimate of drug-likeness (QED) is 0.806. The third-order valence-electron chi connectivity index (χ3n) is 1.91. The summed E-state index contributed by atoms with van der Waals surface area (Å²) >= 11 is 4.87. The predicted octanol–water partition coefficient (Wildman–Crippen LogP) is 1.67. The average molecular weight is 284 g/mol. The van der Waals surface area contributed by atoms with Gasteiger partial charge >= 0.3 is 0 Å². The monoisotopic (exact) mass is 283 g/mol. The van der Waals surface area contributed by atoms with Crippen LogP contribution in [0.5, 0.6) is 0 Å². The summed E-state index contributed by atoms with van der Waals surface area (Å²) in [6.45, 7) is 0. The number of hydrogen-bond acceptors (Lipinski definition) is 5. The molecule has 0 fully saturated rings. The first-order valence-electron chi connectivity index (χ1n) is 3.95. The topological polar surface area (TPSA) is 80.0 Å². The van der Waals surface area contributed by atoms with Gasteiger partial charge < -0.3 is 5.73 Å². The van der Waals surface area contributed by atoms with E-state index in [2.05, 4.69) is 26.0 Å². The van der Waals surface area contributed by atoms with Crippen LogP contribution in [-0.2, 0) is 0 Å². The number of halogens is 1. The van der Waals surface area contributed by atoms with Gasteiger partial charge in [-0.2, -0.15) is 14.9 Å². The molecule has 76 valence electrons. The van der Waals surface area contributed by atoms with Crippen LogP contribution in [-0.4, -0.2) is 20.9 Å². The third kappa shape index (κ3) is 1.46. The number of fused-ring (bicyclic) bond motifs is 1. The molecule has 2 aromatic heterocycles. The van der Waals surface area contributed by atoms with Crippen molar-refractivity contribution < 1.29 is 0 Å². The van der Waals surface area contributed by atoms with Gasteiger partial charge in [0.05, 0.1) is 10.7 Å². The Morgan fingerprint density at radius 3 is 3.00 bits per heavy atom. The molecule has 0 aliphatic rings. The maximum atomic E-state index is 8.78. The van der Waals surface area contributed by atoms with Gasteiger partial charge in [-0.15, -0.1) is 11.8 Å². The van der Waals surface area contributed by atoms with Crippen molar-refractivity contribution in [1.82, 2.24) is 14.6 Å². The van der Waals surface area contributed by atoms with Crippen LogP contribution in [0, 0.1) is 11.3 Å². The fourth-order valence-corrected chi connectivity index (χ4v) is 2.44. The molecule has 0 bridgehead atoms. The van der Waals surface area contributed by atoms with E-state index in [1.54, 1.807) is 0 Å². The molecule has 0 aliphatic heterocycles. The van der Waals surface area contributed by atoms with Crippen molar-refractivity contribution in [3.63, 3.8) is 0 Å². The second-order valence-corrected chi connectivity index (χ2v) is 4.32. The number of anilines is 1. The van der Waals surface area contributed by atoms with Crippen LogP contribution in [0.4, 0.5) is 5.82 Å². The van der Waals surface area contributed by atoms with Gasteiger partial charge in [-0.1, -0.05) is 0 Å². The van der Waals surface area contributed by atoms with Gasteiger partial charge in [0.15, 0.2) is 5.65 Å². The van der Waals surface area contributed by atoms with E-state index in [-0.39, 0.29) is 0 Å². The lowest BCUT2D eigenvalue weighted by molar-refractivity contribution is 0.896. The first-order chi connectivity index (χ1) is 7.19. The summed E-state index contributed by atoms with van der Waals surface area (Å²) < 4.78 is 2.26. The lowest BCUT2D eigenvalue weighted by Gasteiger charge is -1.98. The molecule has 0 aliphatic carbocycles. The van der Waals surface area contributed by atoms with E-state index in [1.807, 2.05) is 12.3 Å². The standard InChI is InChI=1S/C8H6BrN5S/c1-15-8-5(9)7-12-3-4(2-10)6(11)14(7)13-8/h3H,11H2,1H3. The maximum Gasteiger partial charge on any atom is 0.172 e. The minimum Gasteiger partial charge on any atom is -0.382 e. The Hall–Kier alpha value is -1.26. The van der Waals surface area contributed by atoms with Gasteiger partial charge in [0.1, 0.15) is 22.5 Å². The zero-order valence-electron chi connectivity index (χ0n) is 7.73. The van der Waals surface area contributed by atoms with E-state index in [0.29, 0.717) is 17.0 Å². The number of hydrogen-bond donors (Lipinski definition) is 1. The van der Waals surface area contributed by atoms with E-state index >= 15 is 0 Å². The lowest BCUT2D eigenvalue weighted by atomic mass is 10.3. The Labute approximate surface area is 98.4 Å². The van der Waals surface area contributed by atoms with Crippen molar-refractivity contribution >= 4 is 39.2 Å². The van der Waals surface area contributed by atoms with Crippen molar-refractivity contribution in [2.45, 2.75) is 5.03 Å². The molecule has 0 atom stereocenters. The molecule has 0 amide bonds. The van der Waals surface area contributed by atoms with Crippen molar-refractivity contribution in [2.75, 3.05) is 12.0 Å². The highest BCUT2D eigenvalue weighted by Crippen LogP contribution is 2.29. The summed E-state index contributed by atoms with van der Waals surface area (Å²) in [6, 6.07) is 1.96. The highest BCUT2D eigenvalue weighted by molar-refractivity contribution is 9.10. The minimum atomic E-state index is 0.309. The fraction of sp³-hybridized carbons (Fsp3) is 0.125. The number of rotatable bonds is 1. The Balaban J connectivity index is 2.85. The summed E-state index contributed by atoms with van der Waals surface area (Å²) in [5.74, 6) is 0.309. The molecule has 2 rings (SSSR count). The zero-order chi connectivity index (χ0) is 11.0. The third-order valence-corrected chi connectivity index (χ3v) is 3.57. The normalized spacial score (nSPS) is 10.5. The summed E-state index contributed by atoms with van der Waals surface area (Å²) in [4.78, 5) is 4.12. The van der Waals surface area contributed by atoms with E-state index in [9.17, 15) is 0 Å². The molecule has 15 heavy (non-hydrogen) atoms. The molecular formula is C8H6BrN5S. The minimum absolute atomic E-state index is 0.309. The molecule has 2 heterocycles. The van der Waals surface area contributed by atoms with Crippen LogP contribution in [0.2, 0.25) is 0 Å². The largest absolute Gasteiger partial charge is 0.382 e. The first kappa shape index (κ1) is 10.3. The summed E-state index contributed by atoms with van der Waals surface area (Å²) in [5.41, 5.74) is 6.72. The average Bonchev–Trinajstić information content (AvgIpc) is 2.57. The molecule has 7 heteroatoms. The number of nitrogen functional groups attached to an aromatic ring is 1. The van der Waals surface area contributed by atoms with Gasteiger partial charge in [0.2, 0.25) is 0 Å². The SMILES string of the molecule is CSc1nn2c(N)c(C#N)cnc2c1Br. The van der Waals surface area contributed by atoms with Crippen LogP contribution in [0.3, 0.4) is 0 Å². The number of thioether (sulfide) groups is 1. The molecule has 2 N–H and O–H groups in total. The zero-order valence-corrected chi connectivity index (χ0v) is 10.1. The molecule has 2 aromatic rings. The first-order valence-corrected chi connectivity index (χ1v) is 5.97. The Bertz CT molecular complexity index is 570. The molecule has 5 nitrogen and oxygen atoms in total. The van der Waals surface area contributed by atoms with Crippen molar-refractivity contribution in [3.05, 3.63) is 16.2 Å². The van der Waals surface area contributed by atoms with Crippen molar-refractivity contribution in [1.29, 1.82) is 5.26 Å². The fourth-order valence-electron chi connectivity index (χ4n) is 1.17. The van der Waals surface area contributed by atoms with Crippen molar-refractivity contribution in [2.24, 2.45) is 0 Å². The van der Waals surface area contributed by atoms with Crippen LogP contribution in [0.15, 0.2) is 15.7 Å². The van der Waals surface area contributed by atoms with Crippen LogP contribution >= 0.6 is 27.7 Å². The van der Waals surface area contributed by atoms with Gasteiger partial charge in [-0.05, 0) is 22.2 Å². The van der Waals surface area contributed by atoms with E-state index < -0.39 is 0 Å². The molecule has 0 unspecified atom stereocenters. The molecule has 0 radical (unpaired) electrons. The predicted molar refractivity (Wildman–Crippen MR) is 61.6 cm³/mol. The van der Waals surface area contributed by atoms with Crippen LogP contribution < -0.4 is 5.73 Å². The second-order valence-electron chi connectivity index (χ2n) is 2.73. The van der Waals surface area contributed by atoms with E-state index in [4.69, 9.17) is 11.0 Å². The summed E-state index contributed by atoms with van der Waals surface area (Å²) in [7, 11) is 0. The number of nitrogens with two attached hydrogens (primary N) is 1.